The summed E-state index contributed by atoms with van der Waals surface area (Å²) in [4.78, 5) is 0. The van der Waals surface area contributed by atoms with E-state index in [0.29, 0.717) is 11.7 Å². The van der Waals surface area contributed by atoms with Crippen LogP contribution in [0.15, 0.2) is 28.7 Å². The zero-order valence-electron chi connectivity index (χ0n) is 10.2. The Labute approximate surface area is 120 Å². The standard InChI is InChI=1S/C13H13BrClN3/c1-8-9(2)13(18-17-12(8)15)16-7-10-5-3-4-6-11(10)14/h3-6H,7H2,1-2H3,(H,16,18). The molecule has 0 saturated heterocycles. The van der Waals surface area contributed by atoms with Gasteiger partial charge in [-0.05, 0) is 36.6 Å². The van der Waals surface area contributed by atoms with Crippen molar-refractivity contribution in [2.45, 2.75) is 20.4 Å². The lowest BCUT2D eigenvalue weighted by Crippen LogP contribution is -2.06. The van der Waals surface area contributed by atoms with Gasteiger partial charge in [-0.15, -0.1) is 10.2 Å². The summed E-state index contributed by atoms with van der Waals surface area (Å²) in [6.45, 7) is 4.62. The molecular formula is C13H13BrClN3. The molecule has 0 fully saturated rings. The molecule has 0 bridgehead atoms. The van der Waals surface area contributed by atoms with E-state index in [1.165, 1.54) is 5.56 Å². The Morgan fingerprint density at radius 3 is 2.61 bits per heavy atom. The largest absolute Gasteiger partial charge is 0.364 e. The molecule has 0 amide bonds. The molecular weight excluding hydrogens is 314 g/mol. The maximum atomic E-state index is 5.92. The first-order valence-corrected chi connectivity index (χ1v) is 6.73. The first-order valence-electron chi connectivity index (χ1n) is 5.56. The quantitative estimate of drug-likeness (QED) is 0.922. The number of anilines is 1. The fraction of sp³-hybridized carbons (Fsp3) is 0.231. The summed E-state index contributed by atoms with van der Waals surface area (Å²) in [6, 6.07) is 8.07. The van der Waals surface area contributed by atoms with Gasteiger partial charge in [0.25, 0.3) is 0 Å². The third-order valence-electron chi connectivity index (χ3n) is 2.87. The van der Waals surface area contributed by atoms with Crippen LogP contribution in [0.25, 0.3) is 0 Å². The third-order valence-corrected chi connectivity index (χ3v) is 4.00. The Balaban J connectivity index is 2.17. The number of halogens is 2. The van der Waals surface area contributed by atoms with Crippen molar-refractivity contribution in [2.75, 3.05) is 5.32 Å². The second kappa shape index (κ2) is 5.67. The topological polar surface area (TPSA) is 37.8 Å². The Hall–Kier alpha value is -1.13. The molecule has 5 heteroatoms. The van der Waals surface area contributed by atoms with Gasteiger partial charge in [0.15, 0.2) is 11.0 Å². The predicted molar refractivity (Wildman–Crippen MR) is 78.0 cm³/mol. The number of rotatable bonds is 3. The van der Waals surface area contributed by atoms with Gasteiger partial charge in [0.2, 0.25) is 0 Å². The van der Waals surface area contributed by atoms with Crippen LogP contribution in [0.1, 0.15) is 16.7 Å². The van der Waals surface area contributed by atoms with Gasteiger partial charge in [-0.3, -0.25) is 0 Å². The highest BCUT2D eigenvalue weighted by atomic mass is 79.9. The van der Waals surface area contributed by atoms with E-state index in [0.717, 1.165) is 21.4 Å². The number of benzene rings is 1. The van der Waals surface area contributed by atoms with Crippen molar-refractivity contribution in [1.82, 2.24) is 10.2 Å². The Kier molecular flexibility index (Phi) is 4.19. The molecule has 2 rings (SSSR count). The Bertz CT molecular complexity index is 572. The summed E-state index contributed by atoms with van der Waals surface area (Å²) in [7, 11) is 0. The van der Waals surface area contributed by atoms with E-state index in [2.05, 4.69) is 37.5 Å². The van der Waals surface area contributed by atoms with E-state index in [-0.39, 0.29) is 0 Å². The number of nitrogens with one attached hydrogen (secondary N) is 1. The summed E-state index contributed by atoms with van der Waals surface area (Å²) < 4.78 is 1.08. The lowest BCUT2D eigenvalue weighted by molar-refractivity contribution is 0.970. The first-order chi connectivity index (χ1) is 8.59. The Morgan fingerprint density at radius 2 is 1.89 bits per heavy atom. The predicted octanol–water partition coefficient (Wildman–Crippen LogP) is 4.12. The van der Waals surface area contributed by atoms with E-state index in [9.17, 15) is 0 Å². The van der Waals surface area contributed by atoms with Crippen molar-refractivity contribution in [2.24, 2.45) is 0 Å². The summed E-state index contributed by atoms with van der Waals surface area (Å²) in [5, 5.41) is 11.7. The van der Waals surface area contributed by atoms with Crippen LogP contribution in [-0.4, -0.2) is 10.2 Å². The summed E-state index contributed by atoms with van der Waals surface area (Å²) in [6.07, 6.45) is 0. The van der Waals surface area contributed by atoms with Crippen molar-refractivity contribution >= 4 is 33.3 Å². The van der Waals surface area contributed by atoms with Crippen LogP contribution < -0.4 is 5.32 Å². The average Bonchev–Trinajstić information content (AvgIpc) is 2.37. The van der Waals surface area contributed by atoms with Crippen LogP contribution in [0.2, 0.25) is 5.15 Å². The van der Waals surface area contributed by atoms with Crippen LogP contribution in [0.5, 0.6) is 0 Å². The van der Waals surface area contributed by atoms with Gasteiger partial charge in [0.1, 0.15) is 0 Å². The molecule has 0 radical (unpaired) electrons. The molecule has 0 aliphatic heterocycles. The molecule has 0 spiro atoms. The van der Waals surface area contributed by atoms with Crippen molar-refractivity contribution in [3.63, 3.8) is 0 Å². The minimum Gasteiger partial charge on any atom is -0.364 e. The van der Waals surface area contributed by atoms with Crippen molar-refractivity contribution in [3.8, 4) is 0 Å². The highest BCUT2D eigenvalue weighted by molar-refractivity contribution is 9.10. The molecule has 0 saturated carbocycles. The highest BCUT2D eigenvalue weighted by Crippen LogP contribution is 2.22. The summed E-state index contributed by atoms with van der Waals surface area (Å²) in [5.74, 6) is 0.771. The van der Waals surface area contributed by atoms with E-state index in [4.69, 9.17) is 11.6 Å². The van der Waals surface area contributed by atoms with Gasteiger partial charge >= 0.3 is 0 Å². The fourth-order valence-corrected chi connectivity index (χ4v) is 2.17. The molecule has 0 unspecified atom stereocenters. The molecule has 2 aromatic rings. The molecule has 0 aliphatic rings. The van der Waals surface area contributed by atoms with Gasteiger partial charge < -0.3 is 5.32 Å². The van der Waals surface area contributed by atoms with Crippen molar-refractivity contribution in [3.05, 3.63) is 50.6 Å². The molecule has 1 heterocycles. The van der Waals surface area contributed by atoms with Gasteiger partial charge in [-0.25, -0.2) is 0 Å². The van der Waals surface area contributed by atoms with Crippen LogP contribution >= 0.6 is 27.5 Å². The molecule has 1 N–H and O–H groups in total. The second-order valence-corrected chi connectivity index (χ2v) is 5.25. The normalized spacial score (nSPS) is 10.4. The third kappa shape index (κ3) is 2.82. The highest BCUT2D eigenvalue weighted by Gasteiger charge is 2.08. The van der Waals surface area contributed by atoms with Gasteiger partial charge in [0, 0.05) is 11.0 Å². The maximum absolute atomic E-state index is 5.92. The summed E-state index contributed by atoms with van der Waals surface area (Å²) in [5.41, 5.74) is 3.16. The SMILES string of the molecule is Cc1c(Cl)nnc(NCc2ccccc2Br)c1C. The number of hydrogen-bond donors (Lipinski definition) is 1. The van der Waals surface area contributed by atoms with E-state index >= 15 is 0 Å². The van der Waals surface area contributed by atoms with Crippen molar-refractivity contribution in [1.29, 1.82) is 0 Å². The lowest BCUT2D eigenvalue weighted by Gasteiger charge is -2.11. The van der Waals surface area contributed by atoms with Gasteiger partial charge in [0.05, 0.1) is 0 Å². The molecule has 3 nitrogen and oxygen atoms in total. The smallest absolute Gasteiger partial charge is 0.155 e. The monoisotopic (exact) mass is 325 g/mol. The molecule has 1 aromatic carbocycles. The van der Waals surface area contributed by atoms with Gasteiger partial charge in [-0.2, -0.15) is 0 Å². The van der Waals surface area contributed by atoms with E-state index in [1.807, 2.05) is 32.0 Å². The molecule has 18 heavy (non-hydrogen) atoms. The van der Waals surface area contributed by atoms with Crippen LogP contribution in [0, 0.1) is 13.8 Å². The van der Waals surface area contributed by atoms with E-state index in [1.54, 1.807) is 0 Å². The molecule has 94 valence electrons. The summed E-state index contributed by atoms with van der Waals surface area (Å²) >= 11 is 9.44. The number of aromatic nitrogens is 2. The minimum atomic E-state index is 0.457. The van der Waals surface area contributed by atoms with E-state index < -0.39 is 0 Å². The Morgan fingerprint density at radius 1 is 1.17 bits per heavy atom. The maximum Gasteiger partial charge on any atom is 0.155 e. The van der Waals surface area contributed by atoms with Gasteiger partial charge in [-0.1, -0.05) is 45.7 Å². The zero-order valence-corrected chi connectivity index (χ0v) is 12.5. The lowest BCUT2D eigenvalue weighted by atomic mass is 10.2. The fourth-order valence-electron chi connectivity index (χ4n) is 1.56. The zero-order chi connectivity index (χ0) is 13.1. The van der Waals surface area contributed by atoms with Crippen LogP contribution in [0.4, 0.5) is 5.82 Å². The molecule has 1 aromatic heterocycles. The average molecular weight is 327 g/mol. The number of hydrogen-bond acceptors (Lipinski definition) is 3. The minimum absolute atomic E-state index is 0.457. The molecule has 0 atom stereocenters. The van der Waals surface area contributed by atoms with Crippen molar-refractivity contribution < 1.29 is 0 Å². The number of nitrogens with zero attached hydrogens (tertiary/aromatic N) is 2. The first kappa shape index (κ1) is 13.3. The van der Waals surface area contributed by atoms with Crippen LogP contribution in [-0.2, 0) is 6.54 Å². The second-order valence-electron chi connectivity index (χ2n) is 4.03. The van der Waals surface area contributed by atoms with Crippen LogP contribution in [0.3, 0.4) is 0 Å². The molecule has 0 aliphatic carbocycles.